The zero-order chi connectivity index (χ0) is 9.71. The average molecular weight is 208 g/mol. The number of H-pyrrole nitrogens is 1. The molecular formula is C8H8N4OS. The highest BCUT2D eigenvalue weighted by Crippen LogP contribution is 2.37. The van der Waals surface area contributed by atoms with E-state index in [1.807, 2.05) is 0 Å². The van der Waals surface area contributed by atoms with Gasteiger partial charge in [0.05, 0.1) is 0 Å². The van der Waals surface area contributed by atoms with Crippen LogP contribution in [0.4, 0.5) is 5.13 Å². The second-order valence-corrected chi connectivity index (χ2v) is 4.46. The lowest BCUT2D eigenvalue weighted by Gasteiger charge is -1.94. The summed E-state index contributed by atoms with van der Waals surface area (Å²) in [6.45, 7) is 0. The van der Waals surface area contributed by atoms with E-state index < -0.39 is 0 Å². The Morgan fingerprint density at radius 1 is 1.43 bits per heavy atom. The second kappa shape index (κ2) is 2.54. The fourth-order valence-electron chi connectivity index (χ4n) is 1.42. The molecule has 0 bridgehead atoms. The van der Waals surface area contributed by atoms with Crippen molar-refractivity contribution in [1.29, 1.82) is 0 Å². The SMILES string of the molecule is Nc1nc2nc(C3CC3)[nH]c(=O)c2s1. The van der Waals surface area contributed by atoms with Crippen LogP contribution in [0.3, 0.4) is 0 Å². The van der Waals surface area contributed by atoms with Gasteiger partial charge in [0.15, 0.2) is 10.8 Å². The minimum absolute atomic E-state index is 0.119. The van der Waals surface area contributed by atoms with Gasteiger partial charge in [-0.2, -0.15) is 0 Å². The van der Waals surface area contributed by atoms with E-state index in [0.717, 1.165) is 18.7 Å². The molecule has 0 spiro atoms. The molecule has 6 heteroatoms. The average Bonchev–Trinajstić information content (AvgIpc) is 2.89. The molecule has 3 N–H and O–H groups in total. The molecule has 0 aromatic carbocycles. The van der Waals surface area contributed by atoms with E-state index in [4.69, 9.17) is 5.73 Å². The molecule has 1 saturated carbocycles. The molecule has 0 amide bonds. The van der Waals surface area contributed by atoms with Gasteiger partial charge in [-0.15, -0.1) is 0 Å². The van der Waals surface area contributed by atoms with Gasteiger partial charge >= 0.3 is 0 Å². The Balaban J connectivity index is 2.32. The highest BCUT2D eigenvalue weighted by molar-refractivity contribution is 7.21. The van der Waals surface area contributed by atoms with E-state index in [9.17, 15) is 4.79 Å². The van der Waals surface area contributed by atoms with Gasteiger partial charge in [-0.3, -0.25) is 4.79 Å². The van der Waals surface area contributed by atoms with Gasteiger partial charge in [0.2, 0.25) is 0 Å². The third kappa shape index (κ3) is 1.11. The minimum atomic E-state index is -0.119. The molecule has 72 valence electrons. The maximum Gasteiger partial charge on any atom is 0.270 e. The van der Waals surface area contributed by atoms with Crippen molar-refractivity contribution in [2.45, 2.75) is 18.8 Å². The van der Waals surface area contributed by atoms with Crippen molar-refractivity contribution in [2.24, 2.45) is 0 Å². The normalized spacial score (nSPS) is 16.3. The molecule has 0 unspecified atom stereocenters. The third-order valence-corrected chi connectivity index (χ3v) is 3.14. The molecule has 1 aliphatic rings. The van der Waals surface area contributed by atoms with Crippen molar-refractivity contribution in [1.82, 2.24) is 15.0 Å². The van der Waals surface area contributed by atoms with Gasteiger partial charge in [0.1, 0.15) is 10.5 Å². The third-order valence-electron chi connectivity index (χ3n) is 2.26. The van der Waals surface area contributed by atoms with Crippen LogP contribution in [0.2, 0.25) is 0 Å². The van der Waals surface area contributed by atoms with E-state index in [2.05, 4.69) is 15.0 Å². The second-order valence-electron chi connectivity index (χ2n) is 3.43. The summed E-state index contributed by atoms with van der Waals surface area (Å²) in [6, 6.07) is 0. The van der Waals surface area contributed by atoms with Crippen LogP contribution in [-0.4, -0.2) is 15.0 Å². The van der Waals surface area contributed by atoms with Crippen LogP contribution in [-0.2, 0) is 0 Å². The molecule has 14 heavy (non-hydrogen) atoms. The van der Waals surface area contributed by atoms with Crippen molar-refractivity contribution in [3.63, 3.8) is 0 Å². The summed E-state index contributed by atoms with van der Waals surface area (Å²) in [6.07, 6.45) is 2.21. The zero-order valence-electron chi connectivity index (χ0n) is 7.28. The maximum atomic E-state index is 11.6. The first-order valence-electron chi connectivity index (χ1n) is 4.40. The Labute approximate surface area is 83.0 Å². The molecule has 5 nitrogen and oxygen atoms in total. The maximum absolute atomic E-state index is 11.6. The molecule has 0 saturated heterocycles. The summed E-state index contributed by atoms with van der Waals surface area (Å²) in [5.74, 6) is 1.18. The van der Waals surface area contributed by atoms with Crippen LogP contribution in [0.5, 0.6) is 0 Å². The highest BCUT2D eigenvalue weighted by atomic mass is 32.1. The summed E-state index contributed by atoms with van der Waals surface area (Å²) >= 11 is 1.18. The lowest BCUT2D eigenvalue weighted by molar-refractivity contribution is 0.928. The molecule has 2 aromatic rings. The van der Waals surface area contributed by atoms with Crippen LogP contribution in [0.25, 0.3) is 10.3 Å². The number of rotatable bonds is 1. The van der Waals surface area contributed by atoms with Crippen LogP contribution in [0.1, 0.15) is 24.6 Å². The molecule has 1 aliphatic carbocycles. The molecule has 0 radical (unpaired) electrons. The number of hydrogen-bond donors (Lipinski definition) is 2. The number of aromatic nitrogens is 3. The Hall–Kier alpha value is -1.43. The van der Waals surface area contributed by atoms with Gasteiger partial charge in [0, 0.05) is 5.92 Å². The van der Waals surface area contributed by atoms with Gasteiger partial charge in [-0.1, -0.05) is 11.3 Å². The molecule has 3 rings (SSSR count). The van der Waals surface area contributed by atoms with Crippen LogP contribution >= 0.6 is 11.3 Å². The lowest BCUT2D eigenvalue weighted by atomic mass is 10.4. The number of anilines is 1. The topological polar surface area (TPSA) is 84.7 Å². The number of fused-ring (bicyclic) bond motifs is 1. The molecule has 0 aliphatic heterocycles. The summed E-state index contributed by atoms with van der Waals surface area (Å²) in [4.78, 5) is 22.6. The highest BCUT2D eigenvalue weighted by Gasteiger charge is 2.27. The van der Waals surface area contributed by atoms with Crippen molar-refractivity contribution < 1.29 is 0 Å². The quantitative estimate of drug-likeness (QED) is 0.727. The number of nitrogens with zero attached hydrogens (tertiary/aromatic N) is 2. The first kappa shape index (κ1) is 7.93. The largest absolute Gasteiger partial charge is 0.375 e. The summed E-state index contributed by atoms with van der Waals surface area (Å²) in [7, 11) is 0. The van der Waals surface area contributed by atoms with E-state index in [0.29, 0.717) is 21.4 Å². The Morgan fingerprint density at radius 3 is 2.93 bits per heavy atom. The standard InChI is InChI=1S/C8H8N4OS/c9-8-12-6-4(14-8)7(13)11-5(10-6)3-1-2-3/h3H,1-2H2,(H3,9,10,11,12,13). The Morgan fingerprint density at radius 2 is 2.21 bits per heavy atom. The van der Waals surface area contributed by atoms with Gasteiger partial charge < -0.3 is 10.7 Å². The van der Waals surface area contributed by atoms with Gasteiger partial charge in [0.25, 0.3) is 5.56 Å². The Kier molecular flexibility index (Phi) is 1.44. The van der Waals surface area contributed by atoms with E-state index in [1.165, 1.54) is 11.3 Å². The lowest BCUT2D eigenvalue weighted by Crippen LogP contribution is -2.09. The smallest absolute Gasteiger partial charge is 0.270 e. The van der Waals surface area contributed by atoms with Gasteiger partial charge in [-0.25, -0.2) is 9.97 Å². The zero-order valence-corrected chi connectivity index (χ0v) is 8.10. The summed E-state index contributed by atoms with van der Waals surface area (Å²) in [5, 5.41) is 0.394. The predicted molar refractivity (Wildman–Crippen MR) is 54.4 cm³/mol. The van der Waals surface area contributed by atoms with Crippen LogP contribution in [0, 0.1) is 0 Å². The number of nitrogens with one attached hydrogen (secondary N) is 1. The predicted octanol–water partition coefficient (Wildman–Crippen LogP) is 0.839. The van der Waals surface area contributed by atoms with Crippen molar-refractivity contribution in [3.8, 4) is 0 Å². The van der Waals surface area contributed by atoms with E-state index in [1.54, 1.807) is 0 Å². The summed E-state index contributed by atoms with van der Waals surface area (Å²) in [5.41, 5.74) is 5.88. The fourth-order valence-corrected chi connectivity index (χ4v) is 2.08. The molecular weight excluding hydrogens is 200 g/mol. The number of hydrogen-bond acceptors (Lipinski definition) is 5. The number of thiazole rings is 1. The first-order valence-corrected chi connectivity index (χ1v) is 5.22. The molecule has 2 heterocycles. The van der Waals surface area contributed by atoms with Crippen molar-refractivity contribution in [3.05, 3.63) is 16.2 Å². The van der Waals surface area contributed by atoms with Gasteiger partial charge in [-0.05, 0) is 12.8 Å². The molecule has 2 aromatic heterocycles. The van der Waals surface area contributed by atoms with Crippen molar-refractivity contribution in [2.75, 3.05) is 5.73 Å². The van der Waals surface area contributed by atoms with E-state index in [-0.39, 0.29) is 5.56 Å². The number of nitrogens with two attached hydrogens (primary N) is 1. The Bertz CT molecular complexity index is 554. The monoisotopic (exact) mass is 208 g/mol. The van der Waals surface area contributed by atoms with Crippen LogP contribution in [0.15, 0.2) is 4.79 Å². The number of aromatic amines is 1. The summed E-state index contributed by atoms with van der Waals surface area (Å²) < 4.78 is 0.520. The minimum Gasteiger partial charge on any atom is -0.375 e. The van der Waals surface area contributed by atoms with Crippen LogP contribution < -0.4 is 11.3 Å². The van der Waals surface area contributed by atoms with Crippen molar-refractivity contribution >= 4 is 26.8 Å². The fraction of sp³-hybridized carbons (Fsp3) is 0.375. The molecule has 1 fully saturated rings. The van der Waals surface area contributed by atoms with E-state index >= 15 is 0 Å². The number of nitrogen functional groups attached to an aromatic ring is 1. The first-order chi connectivity index (χ1) is 6.74. The molecule has 0 atom stereocenters.